The number of carbonyl (C=O) groups excluding carboxylic acids is 1. The molecule has 1 aliphatic heterocycles. The largest absolute Gasteiger partial charge is 0.335 e. The summed E-state index contributed by atoms with van der Waals surface area (Å²) in [5.41, 5.74) is 1.59. The summed E-state index contributed by atoms with van der Waals surface area (Å²) in [6.07, 6.45) is 1.47. The van der Waals surface area contributed by atoms with Gasteiger partial charge in [-0.05, 0) is 30.9 Å². The lowest BCUT2D eigenvalue weighted by molar-refractivity contribution is -0.129. The minimum Gasteiger partial charge on any atom is -0.335 e. The Morgan fingerprint density at radius 2 is 2.00 bits per heavy atom. The first-order chi connectivity index (χ1) is 9.58. The molecule has 4 nitrogen and oxygen atoms in total. The van der Waals surface area contributed by atoms with Gasteiger partial charge in [-0.25, -0.2) is 0 Å². The summed E-state index contributed by atoms with van der Waals surface area (Å²) in [4.78, 5) is 26.1. The molecular formula is C16H18N2O2. The first-order valence-corrected chi connectivity index (χ1v) is 6.95. The van der Waals surface area contributed by atoms with E-state index in [0.717, 1.165) is 17.3 Å². The molecule has 2 aromatic rings. The summed E-state index contributed by atoms with van der Waals surface area (Å²) in [5.74, 6) is 0.146. The predicted molar refractivity (Wildman–Crippen MR) is 78.4 cm³/mol. The van der Waals surface area contributed by atoms with E-state index in [2.05, 4.69) is 0 Å². The Morgan fingerprint density at radius 1 is 1.25 bits per heavy atom. The number of pyridine rings is 1. The fourth-order valence-electron chi connectivity index (χ4n) is 2.91. The standard InChI is InChI=1S/C16H18N2O2/c1-11-7-8-15(19)18(11)10-13-9-12-5-3-4-6-14(12)17(2)16(13)20/h3-6,9,11H,7-8,10H2,1-2H3. The number of likely N-dealkylation sites (tertiary alicyclic amines) is 1. The van der Waals surface area contributed by atoms with E-state index < -0.39 is 0 Å². The Kier molecular flexibility index (Phi) is 3.08. The van der Waals surface area contributed by atoms with Crippen molar-refractivity contribution in [2.45, 2.75) is 32.4 Å². The Morgan fingerprint density at radius 3 is 2.70 bits per heavy atom. The zero-order valence-corrected chi connectivity index (χ0v) is 11.8. The van der Waals surface area contributed by atoms with E-state index in [1.165, 1.54) is 0 Å². The molecule has 1 fully saturated rings. The van der Waals surface area contributed by atoms with Gasteiger partial charge in [0.1, 0.15) is 0 Å². The van der Waals surface area contributed by atoms with Gasteiger partial charge in [0.05, 0.1) is 12.1 Å². The second kappa shape index (κ2) is 4.78. The molecule has 0 saturated carbocycles. The van der Waals surface area contributed by atoms with E-state index in [1.54, 1.807) is 11.6 Å². The molecule has 0 N–H and O–H groups in total. The molecular weight excluding hydrogens is 252 g/mol. The van der Waals surface area contributed by atoms with E-state index in [9.17, 15) is 9.59 Å². The first kappa shape index (κ1) is 12.9. The number of benzene rings is 1. The molecule has 1 aromatic carbocycles. The smallest absolute Gasteiger partial charge is 0.255 e. The fraction of sp³-hybridized carbons (Fsp3) is 0.375. The Hall–Kier alpha value is -2.10. The highest BCUT2D eigenvalue weighted by Gasteiger charge is 2.28. The quantitative estimate of drug-likeness (QED) is 0.838. The molecule has 0 aliphatic carbocycles. The van der Waals surface area contributed by atoms with Crippen molar-refractivity contribution < 1.29 is 4.79 Å². The average molecular weight is 270 g/mol. The number of nitrogens with zero attached hydrogens (tertiary/aromatic N) is 2. The number of aryl methyl sites for hydroxylation is 1. The number of fused-ring (bicyclic) bond motifs is 1. The van der Waals surface area contributed by atoms with Crippen molar-refractivity contribution in [3.05, 3.63) is 46.2 Å². The number of aromatic nitrogens is 1. The van der Waals surface area contributed by atoms with Gasteiger partial charge in [0.25, 0.3) is 5.56 Å². The third-order valence-electron chi connectivity index (χ3n) is 4.18. The number of rotatable bonds is 2. The maximum Gasteiger partial charge on any atom is 0.255 e. The Bertz CT molecular complexity index is 733. The molecule has 0 bridgehead atoms. The van der Waals surface area contributed by atoms with Gasteiger partial charge in [0, 0.05) is 25.1 Å². The molecule has 20 heavy (non-hydrogen) atoms. The van der Waals surface area contributed by atoms with E-state index in [0.29, 0.717) is 18.5 Å². The SMILES string of the molecule is CC1CCC(=O)N1Cc1cc2ccccc2n(C)c1=O. The van der Waals surface area contributed by atoms with Crippen molar-refractivity contribution in [3.63, 3.8) is 0 Å². The number of para-hydroxylation sites is 1. The summed E-state index contributed by atoms with van der Waals surface area (Å²) in [5, 5.41) is 1.03. The highest BCUT2D eigenvalue weighted by Crippen LogP contribution is 2.21. The van der Waals surface area contributed by atoms with Crippen LogP contribution < -0.4 is 5.56 Å². The number of amides is 1. The second-order valence-corrected chi connectivity index (χ2v) is 5.50. The molecule has 0 radical (unpaired) electrons. The van der Waals surface area contributed by atoms with Crippen molar-refractivity contribution in [3.8, 4) is 0 Å². The number of hydrogen-bond donors (Lipinski definition) is 0. The summed E-state index contributed by atoms with van der Waals surface area (Å²) < 4.78 is 1.66. The van der Waals surface area contributed by atoms with Gasteiger partial charge in [-0.1, -0.05) is 18.2 Å². The van der Waals surface area contributed by atoms with Crippen molar-refractivity contribution in [1.29, 1.82) is 0 Å². The van der Waals surface area contributed by atoms with Gasteiger partial charge < -0.3 is 9.47 Å². The third kappa shape index (κ3) is 2.01. The van der Waals surface area contributed by atoms with E-state index in [4.69, 9.17) is 0 Å². The van der Waals surface area contributed by atoms with Crippen LogP contribution in [0.1, 0.15) is 25.3 Å². The van der Waals surface area contributed by atoms with Crippen LogP contribution in [-0.2, 0) is 18.4 Å². The van der Waals surface area contributed by atoms with Crippen LogP contribution in [0.25, 0.3) is 10.9 Å². The molecule has 104 valence electrons. The molecule has 1 amide bonds. The fourth-order valence-corrected chi connectivity index (χ4v) is 2.91. The summed E-state index contributed by atoms with van der Waals surface area (Å²) in [7, 11) is 1.78. The molecule has 0 spiro atoms. The Labute approximate surface area is 117 Å². The predicted octanol–water partition coefficient (Wildman–Crippen LogP) is 2.05. The minimum absolute atomic E-state index is 0.0180. The van der Waals surface area contributed by atoms with Crippen LogP contribution in [0.5, 0.6) is 0 Å². The van der Waals surface area contributed by atoms with Gasteiger partial charge in [-0.3, -0.25) is 9.59 Å². The molecule has 3 rings (SSSR count). The van der Waals surface area contributed by atoms with Crippen LogP contribution in [0.4, 0.5) is 0 Å². The lowest BCUT2D eigenvalue weighted by atomic mass is 10.1. The molecule has 4 heteroatoms. The minimum atomic E-state index is -0.0180. The normalized spacial score (nSPS) is 19.0. The highest BCUT2D eigenvalue weighted by atomic mass is 16.2. The average Bonchev–Trinajstić information content (AvgIpc) is 2.76. The first-order valence-electron chi connectivity index (χ1n) is 6.95. The lowest BCUT2D eigenvalue weighted by Gasteiger charge is -2.21. The van der Waals surface area contributed by atoms with Crippen LogP contribution in [-0.4, -0.2) is 21.4 Å². The lowest BCUT2D eigenvalue weighted by Crippen LogP contribution is -2.34. The van der Waals surface area contributed by atoms with E-state index in [1.807, 2.05) is 42.2 Å². The molecule has 1 aliphatic rings. The maximum absolute atomic E-state index is 12.4. The molecule has 1 saturated heterocycles. The van der Waals surface area contributed by atoms with Crippen LogP contribution in [0.3, 0.4) is 0 Å². The van der Waals surface area contributed by atoms with Gasteiger partial charge in [0.2, 0.25) is 5.91 Å². The van der Waals surface area contributed by atoms with Crippen molar-refractivity contribution in [2.75, 3.05) is 0 Å². The van der Waals surface area contributed by atoms with Crippen molar-refractivity contribution >= 4 is 16.8 Å². The zero-order valence-electron chi connectivity index (χ0n) is 11.8. The van der Waals surface area contributed by atoms with Crippen LogP contribution in [0, 0.1) is 0 Å². The van der Waals surface area contributed by atoms with Gasteiger partial charge in [-0.2, -0.15) is 0 Å². The van der Waals surface area contributed by atoms with Gasteiger partial charge in [-0.15, -0.1) is 0 Å². The van der Waals surface area contributed by atoms with Crippen LogP contribution in [0.15, 0.2) is 35.1 Å². The molecule has 1 atom stereocenters. The molecule has 1 aromatic heterocycles. The van der Waals surface area contributed by atoms with Crippen LogP contribution >= 0.6 is 0 Å². The second-order valence-electron chi connectivity index (χ2n) is 5.50. The maximum atomic E-state index is 12.4. The van der Waals surface area contributed by atoms with Crippen molar-refractivity contribution in [1.82, 2.24) is 9.47 Å². The van der Waals surface area contributed by atoms with Gasteiger partial charge >= 0.3 is 0 Å². The number of hydrogen-bond acceptors (Lipinski definition) is 2. The van der Waals surface area contributed by atoms with Crippen molar-refractivity contribution in [2.24, 2.45) is 7.05 Å². The van der Waals surface area contributed by atoms with E-state index in [-0.39, 0.29) is 17.5 Å². The zero-order chi connectivity index (χ0) is 14.3. The van der Waals surface area contributed by atoms with Crippen LogP contribution in [0.2, 0.25) is 0 Å². The Balaban J connectivity index is 2.06. The monoisotopic (exact) mass is 270 g/mol. The molecule has 1 unspecified atom stereocenters. The third-order valence-corrected chi connectivity index (χ3v) is 4.18. The molecule has 2 heterocycles. The topological polar surface area (TPSA) is 42.3 Å². The summed E-state index contributed by atoms with van der Waals surface area (Å²) in [6.45, 7) is 2.45. The summed E-state index contributed by atoms with van der Waals surface area (Å²) >= 11 is 0. The number of carbonyl (C=O) groups is 1. The summed E-state index contributed by atoms with van der Waals surface area (Å²) in [6, 6.07) is 9.94. The highest BCUT2D eigenvalue weighted by molar-refractivity contribution is 5.80. The van der Waals surface area contributed by atoms with Gasteiger partial charge in [0.15, 0.2) is 0 Å². The van der Waals surface area contributed by atoms with E-state index >= 15 is 0 Å².